The van der Waals surface area contributed by atoms with E-state index in [9.17, 15) is 9.59 Å². The second-order valence-corrected chi connectivity index (χ2v) is 7.42. The Hall–Kier alpha value is -3.59. The largest absolute Gasteiger partial charge is 0.493 e. The lowest BCUT2D eigenvalue weighted by atomic mass is 10.1. The van der Waals surface area contributed by atoms with Crippen molar-refractivity contribution in [1.82, 2.24) is 4.98 Å². The minimum atomic E-state index is -0.583. The first kappa shape index (κ1) is 23.1. The van der Waals surface area contributed by atoms with Crippen molar-refractivity contribution in [3.8, 4) is 22.1 Å². The summed E-state index contributed by atoms with van der Waals surface area (Å²) in [5, 5.41) is 2.60. The quantitative estimate of drug-likeness (QED) is 0.451. The molecule has 0 N–H and O–H groups in total. The molecule has 0 unspecified atom stereocenters. The molecule has 3 aromatic rings. The predicted molar refractivity (Wildman–Crippen MR) is 122 cm³/mol. The molecule has 0 spiro atoms. The number of carbonyl (C=O) groups is 2. The van der Waals surface area contributed by atoms with Crippen molar-refractivity contribution in [3.63, 3.8) is 0 Å². The monoisotopic (exact) mass is 456 g/mol. The summed E-state index contributed by atoms with van der Waals surface area (Å²) in [4.78, 5) is 30.3. The zero-order valence-electron chi connectivity index (χ0n) is 18.3. The topological polar surface area (TPSA) is 87.2 Å². The third-order valence-electron chi connectivity index (χ3n) is 4.55. The number of rotatable bonds is 8. The minimum Gasteiger partial charge on any atom is -0.493 e. The van der Waals surface area contributed by atoms with Gasteiger partial charge in [-0.2, -0.15) is 0 Å². The summed E-state index contributed by atoms with van der Waals surface area (Å²) in [7, 11) is 4.39. The standard InChI is InChI=1S/C23H24N2O6S/c1-5-30-19-11-10-15(12-20(19)28-3)21-24-16(14-32-21)13-31-22(26)17-8-6-7-9-18(17)25(2)23(27)29-4/h6-12,14H,5,13H2,1-4H3. The SMILES string of the molecule is CCOc1ccc(-c2nc(COC(=O)c3ccccc3N(C)C(=O)OC)cs2)cc1OC. The van der Waals surface area contributed by atoms with Gasteiger partial charge in [0, 0.05) is 18.0 Å². The number of benzene rings is 2. The number of hydrogen-bond acceptors (Lipinski definition) is 8. The molecule has 0 bridgehead atoms. The van der Waals surface area contributed by atoms with E-state index in [0.29, 0.717) is 29.5 Å². The van der Waals surface area contributed by atoms with Gasteiger partial charge in [-0.3, -0.25) is 4.90 Å². The molecule has 0 atom stereocenters. The number of para-hydroxylation sites is 1. The molecule has 0 saturated heterocycles. The third-order valence-corrected chi connectivity index (χ3v) is 5.49. The van der Waals surface area contributed by atoms with Gasteiger partial charge in [0.05, 0.1) is 37.8 Å². The number of aromatic nitrogens is 1. The van der Waals surface area contributed by atoms with Crippen LogP contribution >= 0.6 is 11.3 Å². The summed E-state index contributed by atoms with van der Waals surface area (Å²) in [6.07, 6.45) is -0.583. The average Bonchev–Trinajstić information content (AvgIpc) is 3.31. The number of nitrogens with zero attached hydrogens (tertiary/aromatic N) is 2. The summed E-state index contributed by atoms with van der Waals surface area (Å²) in [6.45, 7) is 2.45. The zero-order valence-corrected chi connectivity index (χ0v) is 19.1. The van der Waals surface area contributed by atoms with E-state index < -0.39 is 12.1 Å². The van der Waals surface area contributed by atoms with E-state index in [1.54, 1.807) is 31.4 Å². The lowest BCUT2D eigenvalue weighted by Gasteiger charge is -2.18. The lowest BCUT2D eigenvalue weighted by Crippen LogP contribution is -2.27. The molecule has 1 heterocycles. The fraction of sp³-hybridized carbons (Fsp3) is 0.261. The molecule has 0 aliphatic heterocycles. The fourth-order valence-corrected chi connectivity index (χ4v) is 3.77. The normalized spacial score (nSPS) is 10.4. The van der Waals surface area contributed by atoms with Crippen LogP contribution in [0.5, 0.6) is 11.5 Å². The van der Waals surface area contributed by atoms with Gasteiger partial charge >= 0.3 is 12.1 Å². The van der Waals surface area contributed by atoms with Gasteiger partial charge in [0.15, 0.2) is 11.5 Å². The molecule has 0 radical (unpaired) electrons. The Morgan fingerprint density at radius 3 is 2.59 bits per heavy atom. The molecule has 9 heteroatoms. The number of carbonyl (C=O) groups excluding carboxylic acids is 2. The van der Waals surface area contributed by atoms with Gasteiger partial charge in [0.1, 0.15) is 11.6 Å². The van der Waals surface area contributed by atoms with Crippen LogP contribution in [-0.2, 0) is 16.1 Å². The maximum Gasteiger partial charge on any atom is 0.413 e. The third kappa shape index (κ3) is 5.17. The van der Waals surface area contributed by atoms with Crippen molar-refractivity contribution < 1.29 is 28.5 Å². The van der Waals surface area contributed by atoms with Gasteiger partial charge in [-0.1, -0.05) is 12.1 Å². The van der Waals surface area contributed by atoms with Crippen LogP contribution in [0.3, 0.4) is 0 Å². The molecule has 0 aliphatic rings. The van der Waals surface area contributed by atoms with Crippen LogP contribution in [0.2, 0.25) is 0 Å². The second kappa shape index (κ2) is 10.6. The molecule has 0 aliphatic carbocycles. The fourth-order valence-electron chi connectivity index (χ4n) is 2.97. The van der Waals surface area contributed by atoms with Gasteiger partial charge < -0.3 is 18.9 Å². The zero-order chi connectivity index (χ0) is 23.1. The number of anilines is 1. The summed E-state index contributed by atoms with van der Waals surface area (Å²) in [5.41, 5.74) is 2.14. The van der Waals surface area contributed by atoms with Crippen molar-refractivity contribution in [2.75, 3.05) is 32.8 Å². The van der Waals surface area contributed by atoms with Crippen molar-refractivity contribution in [1.29, 1.82) is 0 Å². The van der Waals surface area contributed by atoms with E-state index in [-0.39, 0.29) is 12.2 Å². The molecule has 1 aromatic heterocycles. The van der Waals surface area contributed by atoms with E-state index in [1.807, 2.05) is 30.5 Å². The molecule has 32 heavy (non-hydrogen) atoms. The van der Waals surface area contributed by atoms with E-state index in [2.05, 4.69) is 4.98 Å². The van der Waals surface area contributed by atoms with Crippen LogP contribution in [-0.4, -0.2) is 44.9 Å². The highest BCUT2D eigenvalue weighted by atomic mass is 32.1. The van der Waals surface area contributed by atoms with Crippen molar-refractivity contribution in [2.45, 2.75) is 13.5 Å². The van der Waals surface area contributed by atoms with Gasteiger partial charge in [-0.15, -0.1) is 11.3 Å². The van der Waals surface area contributed by atoms with Crippen LogP contribution in [0.1, 0.15) is 23.0 Å². The van der Waals surface area contributed by atoms with Crippen molar-refractivity contribution in [3.05, 3.63) is 59.1 Å². The number of ether oxygens (including phenoxy) is 4. The van der Waals surface area contributed by atoms with Crippen LogP contribution in [0.4, 0.5) is 10.5 Å². The molecule has 168 valence electrons. The number of esters is 1. The van der Waals surface area contributed by atoms with Crippen molar-refractivity contribution >= 4 is 29.1 Å². The summed E-state index contributed by atoms with van der Waals surface area (Å²) >= 11 is 1.44. The van der Waals surface area contributed by atoms with Crippen LogP contribution in [0.25, 0.3) is 10.6 Å². The molecule has 0 fully saturated rings. The van der Waals surface area contributed by atoms with E-state index in [1.165, 1.54) is 30.4 Å². The highest BCUT2D eigenvalue weighted by Crippen LogP contribution is 2.34. The van der Waals surface area contributed by atoms with Gasteiger partial charge in [-0.25, -0.2) is 14.6 Å². The number of hydrogen-bond donors (Lipinski definition) is 0. The Labute approximate surface area is 190 Å². The van der Waals surface area contributed by atoms with Gasteiger partial charge in [0.25, 0.3) is 0 Å². The van der Waals surface area contributed by atoms with E-state index >= 15 is 0 Å². The van der Waals surface area contributed by atoms with E-state index in [4.69, 9.17) is 18.9 Å². The predicted octanol–water partition coefficient (Wildman–Crippen LogP) is 4.78. The molecular weight excluding hydrogens is 432 g/mol. The van der Waals surface area contributed by atoms with Crippen LogP contribution in [0, 0.1) is 0 Å². The maximum absolute atomic E-state index is 12.7. The summed E-state index contributed by atoms with van der Waals surface area (Å²) in [5.74, 6) is 0.729. The Kier molecular flexibility index (Phi) is 7.67. The Morgan fingerprint density at radius 2 is 1.88 bits per heavy atom. The van der Waals surface area contributed by atoms with Crippen molar-refractivity contribution in [2.24, 2.45) is 0 Å². The Morgan fingerprint density at radius 1 is 1.09 bits per heavy atom. The lowest BCUT2D eigenvalue weighted by molar-refractivity contribution is 0.0469. The number of amides is 1. The van der Waals surface area contributed by atoms with Crippen LogP contribution in [0.15, 0.2) is 47.8 Å². The molecular formula is C23H24N2O6S. The highest BCUT2D eigenvalue weighted by Gasteiger charge is 2.20. The molecule has 2 aromatic carbocycles. The van der Waals surface area contributed by atoms with E-state index in [0.717, 1.165) is 10.6 Å². The molecule has 1 amide bonds. The summed E-state index contributed by atoms with van der Waals surface area (Å²) in [6, 6.07) is 12.3. The second-order valence-electron chi connectivity index (χ2n) is 6.56. The highest BCUT2D eigenvalue weighted by molar-refractivity contribution is 7.13. The van der Waals surface area contributed by atoms with Crippen LogP contribution < -0.4 is 14.4 Å². The first-order chi connectivity index (χ1) is 15.5. The maximum atomic E-state index is 12.7. The molecule has 0 saturated carbocycles. The molecule has 8 nitrogen and oxygen atoms in total. The average molecular weight is 457 g/mol. The van der Waals surface area contributed by atoms with Gasteiger partial charge in [-0.05, 0) is 37.3 Å². The summed E-state index contributed by atoms with van der Waals surface area (Å²) < 4.78 is 21.1. The Balaban J connectivity index is 1.71. The number of thiazole rings is 1. The van der Waals surface area contributed by atoms with Gasteiger partial charge in [0.2, 0.25) is 0 Å². The Bertz CT molecular complexity index is 1100. The minimum absolute atomic E-state index is 0.000228. The first-order valence-electron chi connectivity index (χ1n) is 9.81. The molecule has 3 rings (SSSR count). The smallest absolute Gasteiger partial charge is 0.413 e. The number of methoxy groups -OCH3 is 2. The first-order valence-corrected chi connectivity index (χ1v) is 10.7.